The van der Waals surface area contributed by atoms with Crippen molar-refractivity contribution in [3.63, 3.8) is 0 Å². The van der Waals surface area contributed by atoms with Gasteiger partial charge in [-0.15, -0.1) is 17.8 Å². The number of nitrogens with one attached hydrogen (secondary N) is 1. The molecule has 0 radical (unpaired) electrons. The van der Waals surface area contributed by atoms with Crippen LogP contribution in [0.2, 0.25) is 15.1 Å². The van der Waals surface area contributed by atoms with E-state index in [0.717, 1.165) is 45.9 Å². The Kier molecular flexibility index (Phi) is 7.07. The highest BCUT2D eigenvalue weighted by atomic mass is 35.5. The van der Waals surface area contributed by atoms with Gasteiger partial charge in [-0.1, -0.05) is 45.9 Å². The number of Topliss-reactive ketones (excluding diaryl/α,β-unsaturated/α-hetero) is 1. The summed E-state index contributed by atoms with van der Waals surface area (Å²) in [5.41, 5.74) is 3.08. The van der Waals surface area contributed by atoms with E-state index in [0.29, 0.717) is 21.5 Å². The van der Waals surface area contributed by atoms with E-state index in [-0.39, 0.29) is 31.1 Å². The lowest BCUT2D eigenvalue weighted by Crippen LogP contribution is -2.23. The van der Waals surface area contributed by atoms with Crippen LogP contribution in [0.15, 0.2) is 17.3 Å². The summed E-state index contributed by atoms with van der Waals surface area (Å²) >= 11 is 20.0. The molecule has 1 N–H and O–H groups in total. The predicted molar refractivity (Wildman–Crippen MR) is 133 cm³/mol. The van der Waals surface area contributed by atoms with Crippen molar-refractivity contribution < 1.29 is 14.4 Å². The van der Waals surface area contributed by atoms with Gasteiger partial charge in [0.15, 0.2) is 11.4 Å². The van der Waals surface area contributed by atoms with Crippen LogP contribution < -0.4 is 5.32 Å². The van der Waals surface area contributed by atoms with Gasteiger partial charge >= 0.3 is 0 Å². The van der Waals surface area contributed by atoms with E-state index in [1.807, 2.05) is 6.92 Å². The first-order chi connectivity index (χ1) is 15.7. The van der Waals surface area contributed by atoms with E-state index < -0.39 is 5.60 Å². The molecule has 1 aromatic carbocycles. The van der Waals surface area contributed by atoms with Gasteiger partial charge in [-0.3, -0.25) is 9.59 Å². The summed E-state index contributed by atoms with van der Waals surface area (Å²) in [5.74, 6) is 2.10. The Morgan fingerprint density at radius 2 is 1.91 bits per heavy atom. The minimum Gasteiger partial charge on any atom is -0.384 e. The smallest absolute Gasteiger partial charge is 0.221 e. The molecule has 0 bridgehead atoms. The number of terminal acetylenes is 1. The molecule has 2 aliphatic rings. The van der Waals surface area contributed by atoms with Gasteiger partial charge in [-0.2, -0.15) is 0 Å². The lowest BCUT2D eigenvalue weighted by Gasteiger charge is -2.22. The third kappa shape index (κ3) is 4.79. The number of nitrogens with zero attached hydrogens (tertiary/aromatic N) is 1. The maximum Gasteiger partial charge on any atom is 0.221 e. The third-order valence-electron chi connectivity index (χ3n) is 5.91. The number of ketones is 1. The summed E-state index contributed by atoms with van der Waals surface area (Å²) in [4.78, 5) is 32.4. The number of thiophene rings is 1. The van der Waals surface area contributed by atoms with Gasteiger partial charge < -0.3 is 10.2 Å². The molecule has 0 fully saturated rings. The number of halogens is 3. The van der Waals surface area contributed by atoms with Gasteiger partial charge in [0.2, 0.25) is 5.91 Å². The van der Waals surface area contributed by atoms with Crippen molar-refractivity contribution in [1.82, 2.24) is 5.32 Å². The van der Waals surface area contributed by atoms with Crippen molar-refractivity contribution in [1.29, 1.82) is 0 Å². The minimum atomic E-state index is -0.748. The Bertz CT molecular complexity index is 1190. The first-order valence-corrected chi connectivity index (χ1v) is 12.5. The zero-order valence-corrected chi connectivity index (χ0v) is 21.0. The molecule has 9 heteroatoms. The van der Waals surface area contributed by atoms with Crippen LogP contribution >= 0.6 is 46.1 Å². The molecule has 1 unspecified atom stereocenters. The van der Waals surface area contributed by atoms with Gasteiger partial charge in [-0.25, -0.2) is 0 Å². The number of amides is 1. The molecule has 1 aliphatic carbocycles. The molecular weight excluding hydrogens is 503 g/mol. The van der Waals surface area contributed by atoms with Crippen molar-refractivity contribution in [3.8, 4) is 12.3 Å². The highest BCUT2D eigenvalue weighted by Gasteiger charge is 2.40. The number of fused-ring (bicyclic) bond motifs is 1. The van der Waals surface area contributed by atoms with Crippen LogP contribution in [0.3, 0.4) is 0 Å². The van der Waals surface area contributed by atoms with Crippen molar-refractivity contribution >= 4 is 63.5 Å². The van der Waals surface area contributed by atoms with Crippen LogP contribution in [0.4, 0.5) is 0 Å². The molecule has 5 nitrogen and oxygen atoms in total. The normalized spacial score (nSPS) is 18.9. The highest BCUT2D eigenvalue weighted by molar-refractivity contribution is 7.16. The number of benzene rings is 1. The van der Waals surface area contributed by atoms with E-state index in [2.05, 4.69) is 16.4 Å². The van der Waals surface area contributed by atoms with Gasteiger partial charge in [0.25, 0.3) is 0 Å². The van der Waals surface area contributed by atoms with Crippen LogP contribution in [0.25, 0.3) is 0 Å². The molecule has 1 aliphatic heterocycles. The number of rotatable bonds is 7. The van der Waals surface area contributed by atoms with Crippen LogP contribution in [0, 0.1) is 12.3 Å². The topological polar surface area (TPSA) is 67.8 Å². The molecule has 2 aromatic rings. The Balaban J connectivity index is 1.54. The monoisotopic (exact) mass is 522 g/mol. The largest absolute Gasteiger partial charge is 0.384 e. The molecule has 0 saturated heterocycles. The van der Waals surface area contributed by atoms with Gasteiger partial charge in [0, 0.05) is 24.8 Å². The van der Waals surface area contributed by atoms with E-state index in [9.17, 15) is 9.59 Å². The standard InChI is InChI=1S/C24H21Cl3N2O3S/c1-3-9-28-20(31)8-7-19(30)23-15-6-4-5-14(15)22(33-23)18-12-24(2,32-29-18)13-10-16(25)21(27)17(26)11-13/h1,10-11H,4-9,12H2,2H3,(H,28,31). The van der Waals surface area contributed by atoms with E-state index in [1.165, 1.54) is 16.9 Å². The van der Waals surface area contributed by atoms with E-state index in [4.69, 9.17) is 46.1 Å². The molecule has 0 spiro atoms. The lowest BCUT2D eigenvalue weighted by molar-refractivity contribution is -0.120. The molecule has 1 aromatic heterocycles. The molecule has 2 heterocycles. The predicted octanol–water partition coefficient (Wildman–Crippen LogP) is 5.95. The first kappa shape index (κ1) is 24.1. The molecule has 1 amide bonds. The fraction of sp³-hybridized carbons (Fsp3) is 0.375. The Morgan fingerprint density at radius 3 is 2.61 bits per heavy atom. The number of hydrogen-bond acceptors (Lipinski definition) is 5. The van der Waals surface area contributed by atoms with Crippen molar-refractivity contribution in [3.05, 3.63) is 53.6 Å². The molecule has 172 valence electrons. The lowest BCUT2D eigenvalue weighted by atomic mass is 9.90. The van der Waals surface area contributed by atoms with Crippen LogP contribution in [-0.2, 0) is 28.1 Å². The first-order valence-electron chi connectivity index (χ1n) is 10.5. The van der Waals surface area contributed by atoms with Crippen LogP contribution in [0.1, 0.15) is 63.8 Å². The Labute approximate surface area is 211 Å². The van der Waals surface area contributed by atoms with Crippen molar-refractivity contribution in [2.24, 2.45) is 5.16 Å². The second kappa shape index (κ2) is 9.68. The molecular formula is C24H21Cl3N2O3S. The summed E-state index contributed by atoms with van der Waals surface area (Å²) in [6.07, 6.45) is 8.66. The highest BCUT2D eigenvalue weighted by Crippen LogP contribution is 2.44. The van der Waals surface area contributed by atoms with E-state index >= 15 is 0 Å². The number of carbonyl (C=O) groups is 2. The fourth-order valence-electron chi connectivity index (χ4n) is 4.18. The van der Waals surface area contributed by atoms with Crippen LogP contribution in [-0.4, -0.2) is 23.9 Å². The maximum atomic E-state index is 12.9. The summed E-state index contributed by atoms with van der Waals surface area (Å²) in [7, 11) is 0. The van der Waals surface area contributed by atoms with Crippen molar-refractivity contribution in [2.45, 2.75) is 51.0 Å². The SMILES string of the molecule is C#CCNC(=O)CCC(=O)c1sc(C2=NOC(C)(c3cc(Cl)c(Cl)c(Cl)c3)C2)c2c1CCC2. The molecule has 33 heavy (non-hydrogen) atoms. The second-order valence-corrected chi connectivity index (χ2v) is 10.5. The number of hydrogen-bond donors (Lipinski definition) is 1. The number of carbonyl (C=O) groups excluding carboxylic acids is 2. The Hall–Kier alpha value is -2.04. The van der Waals surface area contributed by atoms with Crippen LogP contribution in [0.5, 0.6) is 0 Å². The van der Waals surface area contributed by atoms with Crippen molar-refractivity contribution in [2.75, 3.05) is 6.54 Å². The minimum absolute atomic E-state index is 0.0289. The fourth-order valence-corrected chi connectivity index (χ4v) is 6.12. The maximum absolute atomic E-state index is 12.9. The van der Waals surface area contributed by atoms with E-state index in [1.54, 1.807) is 12.1 Å². The summed E-state index contributed by atoms with van der Waals surface area (Å²) < 4.78 is 0. The molecule has 1 atom stereocenters. The zero-order chi connectivity index (χ0) is 23.8. The summed E-state index contributed by atoms with van der Waals surface area (Å²) in [6.45, 7) is 2.09. The quantitative estimate of drug-likeness (QED) is 0.277. The van der Waals surface area contributed by atoms with Gasteiger partial charge in [0.05, 0.1) is 31.4 Å². The van der Waals surface area contributed by atoms with Gasteiger partial charge in [0.1, 0.15) is 5.71 Å². The second-order valence-electron chi connectivity index (χ2n) is 8.27. The summed E-state index contributed by atoms with van der Waals surface area (Å²) in [5, 5.41) is 7.99. The molecule has 0 saturated carbocycles. The average Bonchev–Trinajstić information content (AvgIpc) is 3.49. The summed E-state index contributed by atoms with van der Waals surface area (Å²) in [6, 6.07) is 3.49. The number of oxime groups is 1. The zero-order valence-electron chi connectivity index (χ0n) is 17.9. The third-order valence-corrected chi connectivity index (χ3v) is 8.47. The Morgan fingerprint density at radius 1 is 1.21 bits per heavy atom. The molecule has 4 rings (SSSR count). The average molecular weight is 524 g/mol. The van der Waals surface area contributed by atoms with Gasteiger partial charge in [-0.05, 0) is 49.4 Å².